The second kappa shape index (κ2) is 14.3. The number of para-hydroxylation sites is 1. The zero-order chi connectivity index (χ0) is 34.0. The lowest BCUT2D eigenvalue weighted by Crippen LogP contribution is -2.55. The van der Waals surface area contributed by atoms with E-state index in [1.165, 1.54) is 0 Å². The molecule has 3 fully saturated rings. The normalized spacial score (nSPS) is 21.7. The van der Waals surface area contributed by atoms with E-state index in [9.17, 15) is 19.5 Å². The quantitative estimate of drug-likeness (QED) is 0.418. The van der Waals surface area contributed by atoms with Gasteiger partial charge in [0.25, 0.3) is 5.91 Å². The van der Waals surface area contributed by atoms with Gasteiger partial charge < -0.3 is 40.5 Å². The van der Waals surface area contributed by atoms with Gasteiger partial charge in [-0.3, -0.25) is 4.79 Å². The number of aryl methyl sites for hydroxylation is 2. The number of phenols is 1. The van der Waals surface area contributed by atoms with Crippen molar-refractivity contribution in [1.82, 2.24) is 19.6 Å². The van der Waals surface area contributed by atoms with Crippen LogP contribution in [-0.4, -0.2) is 112 Å². The van der Waals surface area contributed by atoms with Gasteiger partial charge in [-0.25, -0.2) is 9.59 Å². The molecule has 0 aromatic heterocycles. The molecule has 4 heterocycles. The number of nitrogens with one attached hydrogen (secondary N) is 1. The average Bonchev–Trinajstić information content (AvgIpc) is 3.24. The van der Waals surface area contributed by atoms with Crippen LogP contribution in [0.1, 0.15) is 67.7 Å². The fourth-order valence-corrected chi connectivity index (χ4v) is 7.91. The minimum Gasteiger partial charge on any atom is -0.507 e. The molecule has 4 aliphatic rings. The number of anilines is 1. The number of hydrogen-bond acceptors (Lipinski definition) is 7. The van der Waals surface area contributed by atoms with E-state index in [0.717, 1.165) is 73.1 Å². The number of carbonyl (C=O) groups excluding carboxylic acids is 3. The van der Waals surface area contributed by atoms with Gasteiger partial charge in [-0.2, -0.15) is 0 Å². The van der Waals surface area contributed by atoms with Gasteiger partial charge in [0, 0.05) is 75.5 Å². The van der Waals surface area contributed by atoms with Gasteiger partial charge in [0.2, 0.25) is 0 Å². The molecule has 11 nitrogen and oxygen atoms in total. The van der Waals surface area contributed by atoms with E-state index in [0.29, 0.717) is 51.6 Å². The zero-order valence-corrected chi connectivity index (χ0v) is 28.7. The predicted octanol–water partition coefficient (Wildman–Crippen LogP) is 4.42. The van der Waals surface area contributed by atoms with Crippen LogP contribution in [0.3, 0.4) is 0 Å². The first-order valence-electron chi connectivity index (χ1n) is 17.7. The Kier molecular flexibility index (Phi) is 10.2. The number of nitrogens with two attached hydrogens (primary N) is 1. The van der Waals surface area contributed by atoms with Gasteiger partial charge >= 0.3 is 12.1 Å². The Bertz CT molecular complexity index is 1460. The van der Waals surface area contributed by atoms with Crippen molar-refractivity contribution in [2.75, 3.05) is 51.1 Å². The number of nitrogens with zero attached hydrogens (tertiary/aromatic N) is 4. The summed E-state index contributed by atoms with van der Waals surface area (Å²) in [4.78, 5) is 48.7. The van der Waals surface area contributed by atoms with Crippen LogP contribution >= 0.6 is 0 Å². The number of hydrogen-bond donors (Lipinski definition) is 3. The third-order valence-corrected chi connectivity index (χ3v) is 11.0. The summed E-state index contributed by atoms with van der Waals surface area (Å²) in [6, 6.07) is 12.0. The molecule has 4 aliphatic heterocycles. The number of ether oxygens (including phenoxy) is 1. The molecule has 0 aliphatic carbocycles. The zero-order valence-electron chi connectivity index (χ0n) is 28.7. The largest absolute Gasteiger partial charge is 0.507 e. The van der Waals surface area contributed by atoms with E-state index >= 15 is 0 Å². The number of urea groups is 1. The smallest absolute Gasteiger partial charge is 0.410 e. The molecule has 0 radical (unpaired) electrons. The number of piperidine rings is 3. The minimum absolute atomic E-state index is 0.0172. The van der Waals surface area contributed by atoms with Gasteiger partial charge in [-0.1, -0.05) is 30.3 Å². The molecule has 0 unspecified atom stereocenters. The van der Waals surface area contributed by atoms with Crippen LogP contribution in [0, 0.1) is 13.8 Å². The van der Waals surface area contributed by atoms with Crippen LogP contribution in [0.4, 0.5) is 15.3 Å². The summed E-state index contributed by atoms with van der Waals surface area (Å²) >= 11 is 0. The van der Waals surface area contributed by atoms with Gasteiger partial charge in [0.1, 0.15) is 5.75 Å². The Labute approximate surface area is 284 Å². The Hall–Kier alpha value is -3.83. The molecule has 0 bridgehead atoms. The predicted molar refractivity (Wildman–Crippen MR) is 185 cm³/mol. The fourth-order valence-electron chi connectivity index (χ4n) is 7.91. The van der Waals surface area contributed by atoms with E-state index in [1.54, 1.807) is 4.90 Å². The average molecular weight is 661 g/mol. The molecule has 3 saturated heterocycles. The third-order valence-electron chi connectivity index (χ3n) is 11.0. The molecule has 0 spiro atoms. The highest BCUT2D eigenvalue weighted by atomic mass is 16.6. The number of amides is 4. The summed E-state index contributed by atoms with van der Waals surface area (Å²) in [5, 5.41) is 13.4. The lowest BCUT2D eigenvalue weighted by Gasteiger charge is -2.44. The van der Waals surface area contributed by atoms with Crippen molar-refractivity contribution in [1.29, 1.82) is 0 Å². The maximum Gasteiger partial charge on any atom is 0.410 e. The van der Waals surface area contributed by atoms with Crippen molar-refractivity contribution in [3.8, 4) is 5.75 Å². The summed E-state index contributed by atoms with van der Waals surface area (Å²) in [6.07, 6.45) is 4.54. The first-order valence-corrected chi connectivity index (χ1v) is 17.7. The van der Waals surface area contributed by atoms with Gasteiger partial charge in [-0.05, 0) is 94.0 Å². The topological polar surface area (TPSA) is 132 Å². The molecule has 4 amide bonds. The van der Waals surface area contributed by atoms with Gasteiger partial charge in [-0.15, -0.1) is 0 Å². The molecule has 11 heteroatoms. The molecule has 260 valence electrons. The fraction of sp³-hybridized carbons (Fsp3) is 0.595. The maximum absolute atomic E-state index is 14.0. The van der Waals surface area contributed by atoms with Crippen molar-refractivity contribution in [3.05, 3.63) is 58.7 Å². The Morgan fingerprint density at radius 3 is 2.21 bits per heavy atom. The maximum atomic E-state index is 14.0. The van der Waals surface area contributed by atoms with Crippen LogP contribution in [0.2, 0.25) is 0 Å². The van der Waals surface area contributed by atoms with E-state index in [1.807, 2.05) is 60.0 Å². The third kappa shape index (κ3) is 7.73. The number of rotatable bonds is 6. The number of likely N-dealkylation sites (tertiary alicyclic amines) is 3. The van der Waals surface area contributed by atoms with E-state index < -0.39 is 12.2 Å². The number of aromatic hydroxyl groups is 1. The standard InChI is InChI=1S/C37H52N6O5/c1-25-22-27(23-26(2)33(25)44)24-32(34(45)41-15-9-29(10-16-41)40-20-13-37(3,38)14-21-40)48-36(47)42-17-11-30(12-18-42)43-19-8-28-6-4-5-7-31(28)39-35(43)46/h4-7,22-23,29-30,32,44H,8-21,24,38H2,1-3H3,(H,39,46)/t32-/m1/s1. The molecule has 1 atom stereocenters. The van der Waals surface area contributed by atoms with Crippen LogP contribution < -0.4 is 11.1 Å². The number of benzene rings is 2. The van der Waals surface area contributed by atoms with Crippen LogP contribution in [0.25, 0.3) is 0 Å². The molecule has 2 aromatic carbocycles. The monoisotopic (exact) mass is 660 g/mol. The second-order valence-electron chi connectivity index (χ2n) is 14.7. The summed E-state index contributed by atoms with van der Waals surface area (Å²) < 4.78 is 6.07. The highest BCUT2D eigenvalue weighted by molar-refractivity contribution is 5.91. The summed E-state index contributed by atoms with van der Waals surface area (Å²) in [5.41, 5.74) is 10.5. The van der Waals surface area contributed by atoms with E-state index in [2.05, 4.69) is 17.1 Å². The summed E-state index contributed by atoms with van der Waals surface area (Å²) in [5.74, 6) is 0.0623. The molecule has 0 saturated carbocycles. The highest BCUT2D eigenvalue weighted by Crippen LogP contribution is 2.29. The Morgan fingerprint density at radius 1 is 0.938 bits per heavy atom. The molecule has 48 heavy (non-hydrogen) atoms. The first kappa shape index (κ1) is 34.0. The lowest BCUT2D eigenvalue weighted by atomic mass is 9.89. The number of phenolic OH excluding ortho intramolecular Hbond substituents is 1. The van der Waals surface area contributed by atoms with Gasteiger partial charge in [0.15, 0.2) is 6.10 Å². The molecule has 2 aromatic rings. The molecule has 6 rings (SSSR count). The SMILES string of the molecule is Cc1cc(C[C@@H](OC(=O)N2CCC(N3CCc4ccccc4NC3=O)CC2)C(=O)N2CCC(N3CCC(C)(N)CC3)CC2)cc(C)c1O. The number of fused-ring (bicyclic) bond motifs is 1. The first-order chi connectivity index (χ1) is 23.0. The van der Waals surface area contributed by atoms with Gasteiger partial charge in [0.05, 0.1) is 0 Å². The minimum atomic E-state index is -0.974. The molecular formula is C37H52N6O5. The number of carbonyl (C=O) groups is 3. The van der Waals surface area contributed by atoms with E-state index in [-0.39, 0.29) is 35.7 Å². The van der Waals surface area contributed by atoms with Crippen LogP contribution in [0.15, 0.2) is 36.4 Å². The lowest BCUT2D eigenvalue weighted by molar-refractivity contribution is -0.142. The van der Waals surface area contributed by atoms with Crippen molar-refractivity contribution < 1.29 is 24.2 Å². The van der Waals surface area contributed by atoms with Crippen molar-refractivity contribution in [3.63, 3.8) is 0 Å². The summed E-state index contributed by atoms with van der Waals surface area (Å²) in [6.45, 7) is 10.5. The van der Waals surface area contributed by atoms with Crippen molar-refractivity contribution >= 4 is 23.7 Å². The Balaban J connectivity index is 1.08. The van der Waals surface area contributed by atoms with E-state index in [4.69, 9.17) is 10.5 Å². The molecule has 4 N–H and O–H groups in total. The van der Waals surface area contributed by atoms with Crippen molar-refractivity contribution in [2.24, 2.45) is 5.73 Å². The summed E-state index contributed by atoms with van der Waals surface area (Å²) in [7, 11) is 0. The van der Waals surface area contributed by atoms with Crippen LogP contribution in [-0.2, 0) is 22.4 Å². The second-order valence-corrected chi connectivity index (χ2v) is 14.7. The van der Waals surface area contributed by atoms with Crippen molar-refractivity contribution in [2.45, 2.75) is 95.9 Å². The highest BCUT2D eigenvalue weighted by Gasteiger charge is 2.37. The Morgan fingerprint density at radius 2 is 1.54 bits per heavy atom. The van der Waals surface area contributed by atoms with Crippen LogP contribution in [0.5, 0.6) is 5.75 Å². The molecular weight excluding hydrogens is 608 g/mol.